The molecule has 1 aromatic carbocycles. The topological polar surface area (TPSA) is 45.7 Å². The Balaban J connectivity index is 2.18. The predicted octanol–water partition coefficient (Wildman–Crippen LogP) is 3.46. The van der Waals surface area contributed by atoms with Gasteiger partial charge < -0.3 is 15.4 Å². The number of guanidine groups is 1. The van der Waals surface area contributed by atoms with E-state index in [-0.39, 0.29) is 5.41 Å². The smallest absolute Gasteiger partial charge is 0.191 e. The lowest BCUT2D eigenvalue weighted by atomic mass is 9.74. The number of ether oxygens (including phenoxy) is 1. The molecule has 0 spiro atoms. The second-order valence-corrected chi connectivity index (χ2v) is 6.94. The van der Waals surface area contributed by atoms with Crippen molar-refractivity contribution in [3.63, 3.8) is 0 Å². The molecule has 1 aliphatic heterocycles. The van der Waals surface area contributed by atoms with Gasteiger partial charge in [0.15, 0.2) is 5.96 Å². The van der Waals surface area contributed by atoms with Crippen LogP contribution in [-0.2, 0) is 10.2 Å². The number of nitrogens with one attached hydrogen (secondary N) is 2. The summed E-state index contributed by atoms with van der Waals surface area (Å²) in [7, 11) is 0. The first-order valence-corrected chi connectivity index (χ1v) is 9.35. The van der Waals surface area contributed by atoms with E-state index in [1.807, 2.05) is 0 Å². The van der Waals surface area contributed by atoms with E-state index in [1.54, 1.807) is 0 Å². The van der Waals surface area contributed by atoms with Gasteiger partial charge in [-0.3, -0.25) is 4.99 Å². The number of nitrogens with zero attached hydrogens (tertiary/aromatic N) is 1. The van der Waals surface area contributed by atoms with Crippen LogP contribution in [0.25, 0.3) is 0 Å². The monoisotopic (exact) mass is 381 g/mol. The van der Waals surface area contributed by atoms with Crippen molar-refractivity contribution in [3.8, 4) is 0 Å². The molecule has 0 aromatic heterocycles. The molecule has 128 valence electrons. The summed E-state index contributed by atoms with van der Waals surface area (Å²) >= 11 is 3.53. The van der Waals surface area contributed by atoms with Gasteiger partial charge >= 0.3 is 0 Å². The molecule has 0 atom stereocenters. The number of halogens is 1. The molecule has 0 unspecified atom stereocenters. The molecule has 2 N–H and O–H groups in total. The van der Waals surface area contributed by atoms with Crippen molar-refractivity contribution < 1.29 is 4.74 Å². The molecule has 0 bridgehead atoms. The third kappa shape index (κ3) is 5.21. The van der Waals surface area contributed by atoms with Gasteiger partial charge in [-0.25, -0.2) is 0 Å². The minimum Gasteiger partial charge on any atom is -0.381 e. The highest BCUT2D eigenvalue weighted by atomic mass is 79.9. The lowest BCUT2D eigenvalue weighted by Crippen LogP contribution is -2.41. The maximum absolute atomic E-state index is 5.60. The zero-order valence-corrected chi connectivity index (χ0v) is 15.8. The molecule has 1 aromatic rings. The highest BCUT2D eigenvalue weighted by molar-refractivity contribution is 9.10. The number of benzene rings is 1. The van der Waals surface area contributed by atoms with Crippen LogP contribution in [0.15, 0.2) is 33.7 Å². The maximum atomic E-state index is 5.60. The van der Waals surface area contributed by atoms with Gasteiger partial charge in [0.2, 0.25) is 0 Å². The summed E-state index contributed by atoms with van der Waals surface area (Å²) in [5.74, 6) is 0.914. The summed E-state index contributed by atoms with van der Waals surface area (Å²) in [6.07, 6.45) is 3.13. The van der Waals surface area contributed by atoms with Crippen molar-refractivity contribution in [2.24, 2.45) is 4.99 Å². The van der Waals surface area contributed by atoms with Crippen LogP contribution in [0.2, 0.25) is 0 Å². The fraction of sp³-hybridized carbons (Fsp3) is 0.611. The second-order valence-electron chi connectivity index (χ2n) is 6.02. The molecule has 1 saturated heterocycles. The third-order valence-electron chi connectivity index (χ3n) is 4.33. The maximum Gasteiger partial charge on any atom is 0.191 e. The van der Waals surface area contributed by atoms with Crippen LogP contribution < -0.4 is 10.6 Å². The predicted molar refractivity (Wildman–Crippen MR) is 100 cm³/mol. The first-order valence-electron chi connectivity index (χ1n) is 8.56. The summed E-state index contributed by atoms with van der Waals surface area (Å²) in [5, 5.41) is 6.72. The van der Waals surface area contributed by atoms with Crippen molar-refractivity contribution in [3.05, 3.63) is 34.3 Å². The molecule has 0 saturated carbocycles. The summed E-state index contributed by atoms with van der Waals surface area (Å²) in [6, 6.07) is 8.68. The molecule has 0 radical (unpaired) electrons. The third-order valence-corrected chi connectivity index (χ3v) is 4.86. The molecule has 5 heteroatoms. The van der Waals surface area contributed by atoms with E-state index < -0.39 is 0 Å². The van der Waals surface area contributed by atoms with E-state index in [0.29, 0.717) is 0 Å². The van der Waals surface area contributed by atoms with E-state index in [1.165, 1.54) is 5.56 Å². The summed E-state index contributed by atoms with van der Waals surface area (Å²) in [5.41, 5.74) is 1.44. The summed E-state index contributed by atoms with van der Waals surface area (Å²) in [6.45, 7) is 8.50. The van der Waals surface area contributed by atoms with Crippen molar-refractivity contribution in [1.82, 2.24) is 10.6 Å². The van der Waals surface area contributed by atoms with Crippen molar-refractivity contribution in [2.75, 3.05) is 32.8 Å². The highest BCUT2D eigenvalue weighted by Gasteiger charge is 2.34. The average Bonchev–Trinajstić information content (AvgIpc) is 2.59. The van der Waals surface area contributed by atoms with Crippen LogP contribution in [0.5, 0.6) is 0 Å². The summed E-state index contributed by atoms with van der Waals surface area (Å²) in [4.78, 5) is 4.87. The number of aliphatic imine (C=N–C) groups is 1. The Kier molecular flexibility index (Phi) is 7.37. The standard InChI is InChI=1S/C18H28BrN3O/c1-3-11-21-17(20-4-2)22-14-18(9-12-23-13-10-18)15-5-7-16(19)8-6-15/h5-8H,3-4,9-14H2,1-2H3,(H2,20,21,22). The van der Waals surface area contributed by atoms with E-state index in [2.05, 4.69) is 64.7 Å². The minimum absolute atomic E-state index is 0.0769. The van der Waals surface area contributed by atoms with Crippen LogP contribution in [-0.4, -0.2) is 38.8 Å². The first kappa shape index (κ1) is 18.3. The van der Waals surface area contributed by atoms with Gasteiger partial charge in [-0.05, 0) is 43.9 Å². The fourth-order valence-electron chi connectivity index (χ4n) is 2.92. The van der Waals surface area contributed by atoms with Crippen LogP contribution >= 0.6 is 15.9 Å². The molecular weight excluding hydrogens is 354 g/mol. The van der Waals surface area contributed by atoms with Gasteiger partial charge in [0, 0.05) is 36.2 Å². The van der Waals surface area contributed by atoms with Crippen molar-refractivity contribution in [1.29, 1.82) is 0 Å². The van der Waals surface area contributed by atoms with Gasteiger partial charge in [-0.2, -0.15) is 0 Å². The Morgan fingerprint density at radius 2 is 1.87 bits per heavy atom. The second kappa shape index (κ2) is 9.28. The van der Waals surface area contributed by atoms with Gasteiger partial charge in [0.25, 0.3) is 0 Å². The Labute approximate surface area is 148 Å². The molecule has 0 aliphatic carbocycles. The zero-order chi connectivity index (χ0) is 16.5. The number of hydrogen-bond donors (Lipinski definition) is 2. The molecule has 1 fully saturated rings. The summed E-state index contributed by atoms with van der Waals surface area (Å²) < 4.78 is 6.72. The molecule has 2 rings (SSSR count). The van der Waals surface area contributed by atoms with Crippen LogP contribution in [0.4, 0.5) is 0 Å². The van der Waals surface area contributed by atoms with Gasteiger partial charge in [-0.15, -0.1) is 0 Å². The Bertz CT molecular complexity index is 495. The molecule has 0 amide bonds. The Morgan fingerprint density at radius 3 is 2.48 bits per heavy atom. The lowest BCUT2D eigenvalue weighted by Gasteiger charge is -2.36. The van der Waals surface area contributed by atoms with Crippen LogP contribution in [0.1, 0.15) is 38.7 Å². The molecule has 23 heavy (non-hydrogen) atoms. The van der Waals surface area contributed by atoms with Crippen LogP contribution in [0, 0.1) is 0 Å². The zero-order valence-electron chi connectivity index (χ0n) is 14.2. The van der Waals surface area contributed by atoms with Gasteiger partial charge in [0.1, 0.15) is 0 Å². The molecule has 1 aliphatic rings. The average molecular weight is 382 g/mol. The molecule has 4 nitrogen and oxygen atoms in total. The van der Waals surface area contributed by atoms with E-state index >= 15 is 0 Å². The van der Waals surface area contributed by atoms with Gasteiger partial charge in [0.05, 0.1) is 6.54 Å². The van der Waals surface area contributed by atoms with E-state index in [9.17, 15) is 0 Å². The van der Waals surface area contributed by atoms with E-state index in [0.717, 1.165) is 62.5 Å². The van der Waals surface area contributed by atoms with Crippen molar-refractivity contribution >= 4 is 21.9 Å². The first-order chi connectivity index (χ1) is 11.2. The number of hydrogen-bond acceptors (Lipinski definition) is 2. The molecule has 1 heterocycles. The van der Waals surface area contributed by atoms with Crippen LogP contribution in [0.3, 0.4) is 0 Å². The quantitative estimate of drug-likeness (QED) is 0.585. The van der Waals surface area contributed by atoms with E-state index in [4.69, 9.17) is 9.73 Å². The van der Waals surface area contributed by atoms with Gasteiger partial charge in [-0.1, -0.05) is 35.0 Å². The Hall–Kier alpha value is -1.07. The SMILES string of the molecule is CCCNC(=NCC1(c2ccc(Br)cc2)CCOCC1)NCC. The lowest BCUT2D eigenvalue weighted by molar-refractivity contribution is 0.0531. The van der Waals surface area contributed by atoms with Crippen molar-refractivity contribution in [2.45, 2.75) is 38.5 Å². The highest BCUT2D eigenvalue weighted by Crippen LogP contribution is 2.35. The normalized spacial score (nSPS) is 17.8. The molecular formula is C18H28BrN3O. The Morgan fingerprint density at radius 1 is 1.17 bits per heavy atom. The largest absolute Gasteiger partial charge is 0.381 e. The number of rotatable bonds is 6. The minimum atomic E-state index is 0.0769. The fourth-order valence-corrected chi connectivity index (χ4v) is 3.18.